The van der Waals surface area contributed by atoms with E-state index in [1.807, 2.05) is 18.2 Å². The van der Waals surface area contributed by atoms with Crippen LogP contribution in [0, 0.1) is 34.5 Å². The largest absolute Gasteiger partial charge is 0.393 e. The fourth-order valence-corrected chi connectivity index (χ4v) is 2.89. The highest BCUT2D eigenvalue weighted by Crippen LogP contribution is 2.32. The van der Waals surface area contributed by atoms with Crippen molar-refractivity contribution in [3.63, 3.8) is 0 Å². The zero-order chi connectivity index (χ0) is 16.5. The van der Waals surface area contributed by atoms with Crippen LogP contribution in [0.15, 0.2) is 30.3 Å². The second-order valence-electron chi connectivity index (χ2n) is 6.47. The summed E-state index contributed by atoms with van der Waals surface area (Å²) >= 11 is 0. The molecule has 2 aliphatic carbocycles. The molecule has 2 saturated carbocycles. The van der Waals surface area contributed by atoms with Crippen LogP contribution in [0.4, 0.5) is 0 Å². The third-order valence-electron chi connectivity index (χ3n) is 4.49. The van der Waals surface area contributed by atoms with Gasteiger partial charge in [0.25, 0.3) is 0 Å². The quantitative estimate of drug-likeness (QED) is 0.901. The molecule has 4 nitrogen and oxygen atoms in total. The molecule has 0 aliphatic heterocycles. The summed E-state index contributed by atoms with van der Waals surface area (Å²) in [6, 6.07) is 14.5. The van der Waals surface area contributed by atoms with Gasteiger partial charge in [-0.15, -0.1) is 0 Å². The van der Waals surface area contributed by atoms with E-state index in [9.17, 15) is 0 Å². The van der Waals surface area contributed by atoms with Gasteiger partial charge in [-0.2, -0.15) is 10.5 Å². The molecule has 1 aromatic rings. The Morgan fingerprint density at radius 3 is 2.04 bits per heavy atom. The Kier molecular flexibility index (Phi) is 7.07. The average Bonchev–Trinajstić information content (AvgIpc) is 2.50. The number of benzene rings is 1. The van der Waals surface area contributed by atoms with Gasteiger partial charge in [-0.25, -0.2) is 0 Å². The van der Waals surface area contributed by atoms with Crippen LogP contribution in [0.3, 0.4) is 0 Å². The fourth-order valence-electron chi connectivity index (χ4n) is 2.89. The van der Waals surface area contributed by atoms with Gasteiger partial charge in [-0.1, -0.05) is 30.3 Å². The molecule has 0 unspecified atom stereocenters. The summed E-state index contributed by atoms with van der Waals surface area (Å²) in [7, 11) is 0. The Morgan fingerprint density at radius 1 is 0.957 bits per heavy atom. The van der Waals surface area contributed by atoms with Crippen molar-refractivity contribution in [1.82, 2.24) is 0 Å². The van der Waals surface area contributed by atoms with Crippen LogP contribution in [-0.2, 0) is 11.3 Å². The molecule has 2 aliphatic rings. The summed E-state index contributed by atoms with van der Waals surface area (Å²) < 4.78 is 5.73. The third-order valence-corrected chi connectivity index (χ3v) is 4.49. The van der Waals surface area contributed by atoms with Crippen molar-refractivity contribution in [3.8, 4) is 12.1 Å². The third kappa shape index (κ3) is 6.02. The molecule has 0 spiro atoms. The Bertz CT molecular complexity index is 535. The summed E-state index contributed by atoms with van der Waals surface area (Å²) in [6.45, 7) is 0.699. The van der Waals surface area contributed by atoms with Crippen molar-refractivity contribution in [1.29, 1.82) is 10.5 Å². The van der Waals surface area contributed by atoms with Crippen LogP contribution in [-0.4, -0.2) is 17.3 Å². The van der Waals surface area contributed by atoms with Crippen LogP contribution >= 0.6 is 0 Å². The van der Waals surface area contributed by atoms with Gasteiger partial charge in [-0.05, 0) is 43.1 Å². The number of nitriles is 2. The highest BCUT2D eigenvalue weighted by Gasteiger charge is 2.29. The van der Waals surface area contributed by atoms with Crippen molar-refractivity contribution in [2.75, 3.05) is 0 Å². The first kappa shape index (κ1) is 17.5. The Balaban J connectivity index is 0.000000203. The smallest absolute Gasteiger partial charge is 0.0720 e. The van der Waals surface area contributed by atoms with Crippen molar-refractivity contribution < 1.29 is 9.84 Å². The molecule has 4 heteroatoms. The van der Waals surface area contributed by atoms with Crippen LogP contribution in [0.2, 0.25) is 0 Å². The van der Waals surface area contributed by atoms with E-state index in [-0.39, 0.29) is 6.10 Å². The van der Waals surface area contributed by atoms with Gasteiger partial charge in [-0.3, -0.25) is 0 Å². The van der Waals surface area contributed by atoms with E-state index >= 15 is 0 Å². The van der Waals surface area contributed by atoms with Crippen molar-refractivity contribution in [2.45, 2.75) is 57.3 Å². The molecule has 122 valence electrons. The topological polar surface area (TPSA) is 77.0 Å². The lowest BCUT2D eigenvalue weighted by Crippen LogP contribution is -2.30. The minimum atomic E-state index is -0.103. The molecule has 2 fully saturated rings. The van der Waals surface area contributed by atoms with Gasteiger partial charge in [0, 0.05) is 12.8 Å². The van der Waals surface area contributed by atoms with Crippen LogP contribution < -0.4 is 0 Å². The van der Waals surface area contributed by atoms with Crippen LogP contribution in [0.1, 0.15) is 44.1 Å². The van der Waals surface area contributed by atoms with E-state index in [2.05, 4.69) is 24.3 Å². The summed E-state index contributed by atoms with van der Waals surface area (Å²) in [5, 5.41) is 25.4. The summed E-state index contributed by atoms with van der Waals surface area (Å²) in [4.78, 5) is 0. The maximum absolute atomic E-state index is 8.74. The molecule has 1 aromatic carbocycles. The molecule has 0 radical (unpaired) electrons. The minimum Gasteiger partial charge on any atom is -0.393 e. The Labute approximate surface area is 138 Å². The van der Waals surface area contributed by atoms with Crippen molar-refractivity contribution >= 4 is 0 Å². The van der Waals surface area contributed by atoms with E-state index in [1.54, 1.807) is 0 Å². The van der Waals surface area contributed by atoms with Gasteiger partial charge in [0.05, 0.1) is 31.0 Å². The lowest BCUT2D eigenvalue weighted by atomic mass is 9.80. The molecule has 1 N–H and O–H groups in total. The monoisotopic (exact) mass is 312 g/mol. The second-order valence-corrected chi connectivity index (χ2v) is 6.47. The standard InChI is InChI=1S/C13H15NO.C6H9NO/c14-7-6-12-8-13(9-12)15-10-11-4-2-1-3-5-11;7-2-1-5-3-6(8)4-5/h1-5,12-13H,6,8-10H2;5-6,8H,1,3-4H2. The molecule has 0 bridgehead atoms. The van der Waals surface area contributed by atoms with Gasteiger partial charge in [0.1, 0.15) is 0 Å². The summed E-state index contributed by atoms with van der Waals surface area (Å²) in [6.07, 6.45) is 5.38. The zero-order valence-corrected chi connectivity index (χ0v) is 13.4. The van der Waals surface area contributed by atoms with E-state index in [0.717, 1.165) is 25.7 Å². The number of nitrogens with zero attached hydrogens (tertiary/aromatic N) is 2. The van der Waals surface area contributed by atoms with E-state index in [4.69, 9.17) is 20.4 Å². The van der Waals surface area contributed by atoms with Crippen molar-refractivity contribution in [2.24, 2.45) is 11.8 Å². The number of ether oxygens (including phenoxy) is 1. The minimum absolute atomic E-state index is 0.103. The van der Waals surface area contributed by atoms with Gasteiger partial charge in [0.15, 0.2) is 0 Å². The first-order valence-corrected chi connectivity index (χ1v) is 8.28. The van der Waals surface area contributed by atoms with Crippen molar-refractivity contribution in [3.05, 3.63) is 35.9 Å². The van der Waals surface area contributed by atoms with Gasteiger partial charge >= 0.3 is 0 Å². The fraction of sp³-hybridized carbons (Fsp3) is 0.579. The average molecular weight is 312 g/mol. The first-order valence-electron chi connectivity index (χ1n) is 8.28. The normalized spacial score (nSPS) is 28.1. The molecule has 0 amide bonds. The van der Waals surface area contributed by atoms with Gasteiger partial charge in [0.2, 0.25) is 0 Å². The predicted molar refractivity (Wildman–Crippen MR) is 86.9 cm³/mol. The van der Waals surface area contributed by atoms with Gasteiger partial charge < -0.3 is 9.84 Å². The lowest BCUT2D eigenvalue weighted by Gasteiger charge is -2.33. The highest BCUT2D eigenvalue weighted by molar-refractivity contribution is 5.13. The van der Waals surface area contributed by atoms with E-state index < -0.39 is 0 Å². The highest BCUT2D eigenvalue weighted by atomic mass is 16.5. The SMILES string of the molecule is N#CCC1CC(O)C1.N#CCC1CC(OCc2ccccc2)C1. The summed E-state index contributed by atoms with van der Waals surface area (Å²) in [5.41, 5.74) is 1.22. The lowest BCUT2D eigenvalue weighted by molar-refractivity contribution is -0.0387. The molecule has 3 rings (SSSR count). The number of aliphatic hydroxyl groups excluding tert-OH is 1. The predicted octanol–water partition coefficient (Wildman–Crippen LogP) is 3.57. The van der Waals surface area contributed by atoms with E-state index in [0.29, 0.717) is 37.4 Å². The molecule has 0 aromatic heterocycles. The number of aliphatic hydroxyl groups is 1. The summed E-state index contributed by atoms with van der Waals surface area (Å²) in [5.74, 6) is 1.07. The molecular formula is C19H24N2O2. The maximum Gasteiger partial charge on any atom is 0.0720 e. The molecule has 0 heterocycles. The number of rotatable bonds is 5. The van der Waals surface area contributed by atoms with Crippen LogP contribution in [0.25, 0.3) is 0 Å². The molecular weight excluding hydrogens is 288 g/mol. The molecule has 0 saturated heterocycles. The van der Waals surface area contributed by atoms with E-state index in [1.165, 1.54) is 5.56 Å². The first-order chi connectivity index (χ1) is 11.2. The molecule has 0 atom stereocenters. The number of hydrogen-bond acceptors (Lipinski definition) is 4. The maximum atomic E-state index is 8.74. The van der Waals surface area contributed by atoms with Crippen LogP contribution in [0.5, 0.6) is 0 Å². The zero-order valence-electron chi connectivity index (χ0n) is 13.4. The Morgan fingerprint density at radius 2 is 1.52 bits per heavy atom. The molecule has 23 heavy (non-hydrogen) atoms. The number of hydrogen-bond donors (Lipinski definition) is 1. The second kappa shape index (κ2) is 9.30. The Hall–Kier alpha value is -1.88.